The topological polar surface area (TPSA) is 103 Å². The Hall–Kier alpha value is -4.21. The zero-order valence-corrected chi connectivity index (χ0v) is 20.0. The van der Waals surface area contributed by atoms with Gasteiger partial charge in [0.05, 0.1) is 19.5 Å². The number of hydrogen-bond acceptors (Lipinski definition) is 9. The van der Waals surface area contributed by atoms with Gasteiger partial charge in [-0.1, -0.05) is 55.5 Å². The maximum Gasteiger partial charge on any atom is 0.325 e. The molecule has 5 rings (SSSR count). The van der Waals surface area contributed by atoms with Gasteiger partial charge in [-0.05, 0) is 28.3 Å². The number of esters is 1. The minimum Gasteiger partial charge on any atom is -0.468 e. The van der Waals surface area contributed by atoms with E-state index in [1.54, 1.807) is 0 Å². The Kier molecular flexibility index (Phi) is 6.17. The lowest BCUT2D eigenvalue weighted by Gasteiger charge is -2.35. The molecule has 10 nitrogen and oxygen atoms in total. The van der Waals surface area contributed by atoms with Crippen LogP contribution in [0.1, 0.15) is 18.9 Å². The van der Waals surface area contributed by atoms with Crippen LogP contribution in [0.15, 0.2) is 65.4 Å². The highest BCUT2D eigenvalue weighted by molar-refractivity contribution is 6.00. The van der Waals surface area contributed by atoms with Gasteiger partial charge in [0.1, 0.15) is 12.7 Å². The average Bonchev–Trinajstić information content (AvgIpc) is 3.53. The molecule has 1 unspecified atom stereocenters. The van der Waals surface area contributed by atoms with Crippen molar-refractivity contribution in [2.24, 2.45) is 4.99 Å². The Morgan fingerprint density at radius 2 is 1.91 bits per heavy atom. The predicted octanol–water partition coefficient (Wildman–Crippen LogP) is 2.70. The monoisotopic (exact) mass is 472 g/mol. The number of H-pyrrole nitrogens is 1. The van der Waals surface area contributed by atoms with Crippen molar-refractivity contribution in [3.05, 3.63) is 66.0 Å². The summed E-state index contributed by atoms with van der Waals surface area (Å²) in [7, 11) is 3.41. The number of aromatic amines is 1. The third-order valence-electron chi connectivity index (χ3n) is 6.29. The number of rotatable bonds is 7. The molecule has 2 aromatic carbocycles. The fraction of sp³-hybridized carbons (Fsp3) is 0.320. The van der Waals surface area contributed by atoms with Crippen LogP contribution in [-0.4, -0.2) is 80.7 Å². The fourth-order valence-electron chi connectivity index (χ4n) is 4.57. The molecule has 3 aromatic rings. The van der Waals surface area contributed by atoms with Crippen molar-refractivity contribution in [3.8, 4) is 22.5 Å². The first-order valence-corrected chi connectivity index (χ1v) is 11.6. The van der Waals surface area contributed by atoms with Crippen molar-refractivity contribution in [2.45, 2.75) is 26.1 Å². The summed E-state index contributed by atoms with van der Waals surface area (Å²) in [6.45, 7) is 3.65. The molecule has 0 saturated carbocycles. The summed E-state index contributed by atoms with van der Waals surface area (Å²) in [4.78, 5) is 23.2. The number of nitrogens with zero attached hydrogens (tertiary/aromatic N) is 7. The number of tetrazole rings is 1. The highest BCUT2D eigenvalue weighted by atomic mass is 16.5. The van der Waals surface area contributed by atoms with Crippen LogP contribution in [0.3, 0.4) is 0 Å². The molecule has 1 atom stereocenters. The first kappa shape index (κ1) is 22.6. The summed E-state index contributed by atoms with van der Waals surface area (Å²) in [6, 6.07) is 16.6. The zero-order valence-electron chi connectivity index (χ0n) is 20.0. The lowest BCUT2D eigenvalue weighted by Crippen LogP contribution is -2.45. The quantitative estimate of drug-likeness (QED) is 0.524. The molecule has 0 radical (unpaired) electrons. The highest BCUT2D eigenvalue weighted by Crippen LogP contribution is 2.32. The van der Waals surface area contributed by atoms with Crippen LogP contribution in [0.5, 0.6) is 0 Å². The third kappa shape index (κ3) is 4.46. The van der Waals surface area contributed by atoms with E-state index in [4.69, 9.17) is 9.73 Å². The number of benzene rings is 2. The lowest BCUT2D eigenvalue weighted by atomic mass is 9.98. The number of carbonyl (C=O) groups is 1. The maximum atomic E-state index is 11.9. The molecule has 0 bridgehead atoms. The summed E-state index contributed by atoms with van der Waals surface area (Å²) in [5.74, 6) is 1.27. The van der Waals surface area contributed by atoms with Gasteiger partial charge in [-0.25, -0.2) is 4.99 Å². The molecule has 3 heterocycles. The molecule has 0 saturated heterocycles. The molecule has 2 aliphatic rings. The highest BCUT2D eigenvalue weighted by Gasteiger charge is 2.35. The largest absolute Gasteiger partial charge is 0.468 e. The molecule has 0 aliphatic carbocycles. The third-order valence-corrected chi connectivity index (χ3v) is 6.29. The van der Waals surface area contributed by atoms with Gasteiger partial charge >= 0.3 is 5.97 Å². The van der Waals surface area contributed by atoms with E-state index in [1.807, 2.05) is 36.3 Å². The Morgan fingerprint density at radius 3 is 2.60 bits per heavy atom. The summed E-state index contributed by atoms with van der Waals surface area (Å²) in [5, 5.41) is 14.5. The first-order chi connectivity index (χ1) is 17.1. The van der Waals surface area contributed by atoms with Crippen molar-refractivity contribution in [2.75, 3.05) is 27.4 Å². The molecule has 0 spiro atoms. The van der Waals surface area contributed by atoms with Gasteiger partial charge in [-0.2, -0.15) is 5.21 Å². The summed E-state index contributed by atoms with van der Waals surface area (Å²) in [5.41, 5.74) is 5.27. The van der Waals surface area contributed by atoms with Crippen LogP contribution in [0.2, 0.25) is 0 Å². The smallest absolute Gasteiger partial charge is 0.325 e. The Morgan fingerprint density at radius 1 is 1.14 bits per heavy atom. The molecule has 1 aromatic heterocycles. The van der Waals surface area contributed by atoms with Crippen LogP contribution in [0, 0.1) is 0 Å². The summed E-state index contributed by atoms with van der Waals surface area (Å²) >= 11 is 0. The second-order valence-corrected chi connectivity index (χ2v) is 8.62. The fourth-order valence-corrected chi connectivity index (χ4v) is 4.57. The van der Waals surface area contributed by atoms with Crippen LogP contribution in [0.4, 0.5) is 0 Å². The summed E-state index contributed by atoms with van der Waals surface area (Å²) < 4.78 is 4.86. The normalized spacial score (nSPS) is 17.2. The van der Waals surface area contributed by atoms with E-state index in [0.29, 0.717) is 19.0 Å². The van der Waals surface area contributed by atoms with Crippen LogP contribution >= 0.6 is 0 Å². The molecular weight excluding hydrogens is 444 g/mol. The molecule has 1 N–H and O–H groups in total. The maximum absolute atomic E-state index is 11.9. The average molecular weight is 473 g/mol. The Labute approximate surface area is 203 Å². The minimum atomic E-state index is -0.260. The molecule has 0 amide bonds. The van der Waals surface area contributed by atoms with E-state index in [2.05, 4.69) is 67.7 Å². The number of ether oxygens (including phenoxy) is 1. The van der Waals surface area contributed by atoms with Gasteiger partial charge in [-0.15, -0.1) is 10.2 Å². The number of aromatic nitrogens is 4. The van der Waals surface area contributed by atoms with E-state index >= 15 is 0 Å². The molecule has 2 aliphatic heterocycles. The molecule has 180 valence electrons. The standard InChI is InChI=1S/C25H28N8O2/c1-4-22-26-25-21(14-32(16-31(25)2)15-23(34)35-3)33(22)13-17-9-11-18(12-10-17)19-7-5-6-8-20(19)24-27-29-30-28-24/h5-12,14,22H,4,13,15-16H2,1-3H3,(H,27,28,29,30). The Bertz CT molecular complexity index is 1250. The number of amidine groups is 1. The molecule has 10 heteroatoms. The van der Waals surface area contributed by atoms with Crippen molar-refractivity contribution in [1.29, 1.82) is 0 Å². The SMILES string of the molecule is CCC1N=C2C(=CN(CC(=O)OC)CN2C)N1Cc1ccc(-c2ccccc2-c2nn[nH]n2)cc1. The van der Waals surface area contributed by atoms with Crippen molar-refractivity contribution < 1.29 is 9.53 Å². The number of methoxy groups -OCH3 is 1. The number of fused-ring (bicyclic) bond motifs is 1. The summed E-state index contributed by atoms with van der Waals surface area (Å²) in [6.07, 6.45) is 2.97. The van der Waals surface area contributed by atoms with E-state index in [1.165, 1.54) is 12.7 Å². The van der Waals surface area contributed by atoms with Crippen LogP contribution in [0.25, 0.3) is 22.5 Å². The van der Waals surface area contributed by atoms with Crippen molar-refractivity contribution in [1.82, 2.24) is 35.3 Å². The Balaban J connectivity index is 1.39. The van der Waals surface area contributed by atoms with Gasteiger partial charge < -0.3 is 19.4 Å². The molecule has 0 fully saturated rings. The first-order valence-electron chi connectivity index (χ1n) is 11.6. The van der Waals surface area contributed by atoms with Crippen LogP contribution in [-0.2, 0) is 16.1 Å². The predicted molar refractivity (Wildman–Crippen MR) is 132 cm³/mol. The molecule has 35 heavy (non-hydrogen) atoms. The number of carbonyl (C=O) groups excluding carboxylic acids is 1. The lowest BCUT2D eigenvalue weighted by molar-refractivity contribution is -0.141. The van der Waals surface area contributed by atoms with Crippen molar-refractivity contribution >= 4 is 11.8 Å². The van der Waals surface area contributed by atoms with Gasteiger partial charge in [0.2, 0.25) is 5.82 Å². The van der Waals surface area contributed by atoms with Crippen LogP contribution < -0.4 is 0 Å². The van der Waals surface area contributed by atoms with Gasteiger partial charge in [-0.3, -0.25) is 4.79 Å². The van der Waals surface area contributed by atoms with Gasteiger partial charge in [0.15, 0.2) is 5.84 Å². The second-order valence-electron chi connectivity index (χ2n) is 8.62. The zero-order chi connectivity index (χ0) is 24.4. The number of hydrogen-bond donors (Lipinski definition) is 1. The van der Waals surface area contributed by atoms with E-state index in [9.17, 15) is 4.79 Å². The van der Waals surface area contributed by atoms with E-state index < -0.39 is 0 Å². The number of aliphatic imine (C=N–C) groups is 1. The molecular formula is C25H28N8O2. The van der Waals surface area contributed by atoms with Crippen molar-refractivity contribution in [3.63, 3.8) is 0 Å². The second kappa shape index (κ2) is 9.57. The van der Waals surface area contributed by atoms with E-state index in [0.717, 1.165) is 34.6 Å². The number of likely N-dealkylation sites (N-methyl/N-ethyl adjacent to an activating group) is 1. The van der Waals surface area contributed by atoms with E-state index in [-0.39, 0.29) is 18.7 Å². The number of nitrogens with one attached hydrogen (secondary N) is 1. The van der Waals surface area contributed by atoms with Gasteiger partial charge in [0.25, 0.3) is 0 Å². The van der Waals surface area contributed by atoms with Gasteiger partial charge in [0, 0.05) is 25.4 Å². The minimum absolute atomic E-state index is 0.0513.